The number of rotatable bonds is 3. The highest BCUT2D eigenvalue weighted by molar-refractivity contribution is 5.37. The van der Waals surface area contributed by atoms with Gasteiger partial charge in [-0.15, -0.1) is 0 Å². The van der Waals surface area contributed by atoms with Crippen LogP contribution in [-0.2, 0) is 6.54 Å². The van der Waals surface area contributed by atoms with Crippen LogP contribution in [0.15, 0.2) is 96.9 Å². The average molecular weight is 314 g/mol. The second-order valence-electron chi connectivity index (χ2n) is 6.50. The van der Waals surface area contributed by atoms with Gasteiger partial charge in [-0.2, -0.15) is 0 Å². The zero-order valence-corrected chi connectivity index (χ0v) is 13.8. The van der Waals surface area contributed by atoms with E-state index in [9.17, 15) is 0 Å². The normalized spacial score (nSPS) is 20.7. The van der Waals surface area contributed by atoms with E-state index in [0.29, 0.717) is 6.04 Å². The standard InChI is InChI=1S/C22H22N2/c1-18-12-13-23-17-22(20-10-6-3-7-11-20)24(16-21(23)14-18)15-19-8-4-2-5-9-19/h2-14,22H,1,15-17H2. The predicted molar refractivity (Wildman–Crippen MR) is 99.1 cm³/mol. The Morgan fingerprint density at radius 1 is 0.958 bits per heavy atom. The summed E-state index contributed by atoms with van der Waals surface area (Å²) in [6.45, 7) is 6.96. The minimum atomic E-state index is 0.388. The van der Waals surface area contributed by atoms with Crippen LogP contribution in [0.2, 0.25) is 0 Å². The third-order valence-electron chi connectivity index (χ3n) is 4.78. The van der Waals surface area contributed by atoms with E-state index in [4.69, 9.17) is 0 Å². The molecule has 0 aromatic heterocycles. The van der Waals surface area contributed by atoms with E-state index in [2.05, 4.69) is 95.4 Å². The Hall–Kier alpha value is -2.58. The van der Waals surface area contributed by atoms with Crippen molar-refractivity contribution >= 4 is 0 Å². The highest BCUT2D eigenvalue weighted by atomic mass is 15.3. The Labute approximate surface area is 144 Å². The molecule has 1 atom stereocenters. The van der Waals surface area contributed by atoms with Gasteiger partial charge in [0.2, 0.25) is 0 Å². The summed E-state index contributed by atoms with van der Waals surface area (Å²) < 4.78 is 0. The van der Waals surface area contributed by atoms with Crippen LogP contribution < -0.4 is 0 Å². The molecule has 1 saturated heterocycles. The van der Waals surface area contributed by atoms with Gasteiger partial charge >= 0.3 is 0 Å². The molecule has 120 valence electrons. The Morgan fingerprint density at radius 2 is 1.67 bits per heavy atom. The third kappa shape index (κ3) is 3.06. The maximum absolute atomic E-state index is 4.08. The van der Waals surface area contributed by atoms with E-state index in [0.717, 1.165) is 25.2 Å². The van der Waals surface area contributed by atoms with Gasteiger partial charge in [0.05, 0.1) is 6.04 Å². The molecule has 2 aliphatic rings. The molecule has 1 unspecified atom stereocenters. The zero-order chi connectivity index (χ0) is 16.4. The monoisotopic (exact) mass is 314 g/mol. The Balaban J connectivity index is 1.65. The van der Waals surface area contributed by atoms with Crippen molar-refractivity contribution in [3.8, 4) is 0 Å². The molecule has 0 bridgehead atoms. The van der Waals surface area contributed by atoms with Crippen molar-refractivity contribution in [2.75, 3.05) is 13.1 Å². The Morgan fingerprint density at radius 3 is 2.42 bits per heavy atom. The van der Waals surface area contributed by atoms with E-state index >= 15 is 0 Å². The number of hydrogen-bond donors (Lipinski definition) is 0. The molecule has 2 aromatic rings. The first-order valence-electron chi connectivity index (χ1n) is 8.47. The zero-order valence-electron chi connectivity index (χ0n) is 13.8. The second kappa shape index (κ2) is 6.50. The quantitative estimate of drug-likeness (QED) is 0.822. The maximum Gasteiger partial charge on any atom is 0.0534 e. The van der Waals surface area contributed by atoms with Crippen molar-refractivity contribution < 1.29 is 0 Å². The molecule has 24 heavy (non-hydrogen) atoms. The number of nitrogens with zero attached hydrogens (tertiary/aromatic N) is 2. The lowest BCUT2D eigenvalue weighted by Crippen LogP contribution is -2.45. The largest absolute Gasteiger partial charge is 0.348 e. The summed E-state index contributed by atoms with van der Waals surface area (Å²) in [5, 5.41) is 0. The molecule has 4 rings (SSSR count). The maximum atomic E-state index is 4.08. The van der Waals surface area contributed by atoms with Crippen molar-refractivity contribution in [3.05, 3.63) is 108 Å². The van der Waals surface area contributed by atoms with Gasteiger partial charge in [0.25, 0.3) is 0 Å². The van der Waals surface area contributed by atoms with Crippen molar-refractivity contribution in [2.24, 2.45) is 0 Å². The topological polar surface area (TPSA) is 6.48 Å². The summed E-state index contributed by atoms with van der Waals surface area (Å²) in [6, 6.07) is 22.0. The van der Waals surface area contributed by atoms with E-state index in [1.165, 1.54) is 16.8 Å². The first-order chi connectivity index (χ1) is 11.8. The van der Waals surface area contributed by atoms with Crippen LogP contribution in [0.25, 0.3) is 0 Å². The van der Waals surface area contributed by atoms with Gasteiger partial charge in [-0.3, -0.25) is 4.90 Å². The molecule has 2 aliphatic heterocycles. The predicted octanol–water partition coefficient (Wildman–Crippen LogP) is 4.51. The van der Waals surface area contributed by atoms with Crippen LogP contribution >= 0.6 is 0 Å². The molecular formula is C22H22N2. The van der Waals surface area contributed by atoms with Gasteiger partial charge in [-0.25, -0.2) is 0 Å². The molecular weight excluding hydrogens is 292 g/mol. The molecule has 0 aliphatic carbocycles. The molecule has 2 nitrogen and oxygen atoms in total. The number of piperazine rings is 1. The third-order valence-corrected chi connectivity index (χ3v) is 4.78. The summed E-state index contributed by atoms with van der Waals surface area (Å²) in [7, 11) is 0. The summed E-state index contributed by atoms with van der Waals surface area (Å²) in [5.74, 6) is 0. The molecule has 1 fully saturated rings. The minimum Gasteiger partial charge on any atom is -0.348 e. The van der Waals surface area contributed by atoms with E-state index < -0.39 is 0 Å². The van der Waals surface area contributed by atoms with Crippen LogP contribution in [0.3, 0.4) is 0 Å². The second-order valence-corrected chi connectivity index (χ2v) is 6.50. The number of hydrogen-bond acceptors (Lipinski definition) is 2. The fourth-order valence-corrected chi connectivity index (χ4v) is 3.54. The van der Waals surface area contributed by atoms with E-state index in [-0.39, 0.29) is 0 Å². The Bertz CT molecular complexity index is 774. The molecule has 2 aromatic carbocycles. The highest BCUT2D eigenvalue weighted by Crippen LogP contribution is 2.33. The minimum absolute atomic E-state index is 0.388. The summed E-state index contributed by atoms with van der Waals surface area (Å²) in [6.07, 6.45) is 6.48. The van der Waals surface area contributed by atoms with Gasteiger partial charge < -0.3 is 4.90 Å². The first kappa shape index (κ1) is 15.0. The van der Waals surface area contributed by atoms with Crippen molar-refractivity contribution in [1.82, 2.24) is 9.80 Å². The Kier molecular flexibility index (Phi) is 4.06. The van der Waals surface area contributed by atoms with E-state index in [1.807, 2.05) is 0 Å². The number of fused-ring (bicyclic) bond motifs is 1. The van der Waals surface area contributed by atoms with Crippen molar-refractivity contribution in [1.29, 1.82) is 0 Å². The van der Waals surface area contributed by atoms with E-state index in [1.54, 1.807) is 0 Å². The van der Waals surface area contributed by atoms with Crippen LogP contribution in [0.1, 0.15) is 17.2 Å². The van der Waals surface area contributed by atoms with Crippen LogP contribution in [0.4, 0.5) is 0 Å². The fourth-order valence-electron chi connectivity index (χ4n) is 3.54. The fraction of sp³-hybridized carbons (Fsp3) is 0.182. The molecule has 0 spiro atoms. The van der Waals surface area contributed by atoms with Gasteiger partial charge in [-0.1, -0.05) is 67.2 Å². The highest BCUT2D eigenvalue weighted by Gasteiger charge is 2.30. The summed E-state index contributed by atoms with van der Waals surface area (Å²) >= 11 is 0. The molecule has 0 saturated carbocycles. The van der Waals surface area contributed by atoms with Gasteiger partial charge in [0.15, 0.2) is 0 Å². The van der Waals surface area contributed by atoms with Gasteiger partial charge in [-0.05, 0) is 28.9 Å². The lowest BCUT2D eigenvalue weighted by atomic mass is 9.98. The molecule has 0 N–H and O–H groups in total. The van der Waals surface area contributed by atoms with Crippen molar-refractivity contribution in [3.63, 3.8) is 0 Å². The summed E-state index contributed by atoms with van der Waals surface area (Å²) in [4.78, 5) is 4.94. The van der Waals surface area contributed by atoms with Crippen LogP contribution in [0.5, 0.6) is 0 Å². The lowest BCUT2D eigenvalue weighted by molar-refractivity contribution is 0.126. The smallest absolute Gasteiger partial charge is 0.0534 e. The lowest BCUT2D eigenvalue weighted by Gasteiger charge is -2.44. The first-order valence-corrected chi connectivity index (χ1v) is 8.47. The average Bonchev–Trinajstić information content (AvgIpc) is 2.63. The molecule has 2 heteroatoms. The number of allylic oxidation sites excluding steroid dienone is 3. The van der Waals surface area contributed by atoms with Gasteiger partial charge in [0, 0.05) is 31.5 Å². The summed E-state index contributed by atoms with van der Waals surface area (Å²) in [5.41, 5.74) is 5.16. The SMILES string of the molecule is C=C1C=CN2CC(c3ccccc3)N(Cc3ccccc3)CC2=C1. The molecule has 0 radical (unpaired) electrons. The van der Waals surface area contributed by atoms with Crippen LogP contribution in [-0.4, -0.2) is 22.9 Å². The van der Waals surface area contributed by atoms with Crippen molar-refractivity contribution in [2.45, 2.75) is 12.6 Å². The number of benzene rings is 2. The molecule has 2 heterocycles. The van der Waals surface area contributed by atoms with Gasteiger partial charge in [0.1, 0.15) is 0 Å². The van der Waals surface area contributed by atoms with Crippen LogP contribution in [0, 0.1) is 0 Å². The molecule has 0 amide bonds.